The van der Waals surface area contributed by atoms with Crippen LogP contribution in [0.4, 0.5) is 10.5 Å². The number of fused-ring (bicyclic) bond motifs is 2. The van der Waals surface area contributed by atoms with E-state index in [0.717, 1.165) is 17.5 Å². The van der Waals surface area contributed by atoms with Gasteiger partial charge in [-0.25, -0.2) is 9.69 Å². The van der Waals surface area contributed by atoms with E-state index in [0.29, 0.717) is 17.8 Å². The highest BCUT2D eigenvalue weighted by atomic mass is 28.4. The fraction of sp³-hybridized carbons (Fsp3) is 0.565. The Kier molecular flexibility index (Phi) is 5.90. The lowest BCUT2D eigenvalue weighted by Crippen LogP contribution is -2.64. The lowest BCUT2D eigenvalue weighted by atomic mass is 10.00. The van der Waals surface area contributed by atoms with E-state index in [2.05, 4.69) is 40.4 Å². The molecule has 0 aliphatic carbocycles. The van der Waals surface area contributed by atoms with Crippen molar-refractivity contribution in [3.63, 3.8) is 0 Å². The van der Waals surface area contributed by atoms with Gasteiger partial charge in [0.2, 0.25) is 0 Å². The van der Waals surface area contributed by atoms with Crippen molar-refractivity contribution in [2.24, 2.45) is 0 Å². The smallest absolute Gasteiger partial charge is 0.416 e. The van der Waals surface area contributed by atoms with Crippen molar-refractivity contribution >= 4 is 26.0 Å². The Morgan fingerprint density at radius 1 is 1.27 bits per heavy atom. The Morgan fingerprint density at radius 3 is 2.43 bits per heavy atom. The number of rotatable bonds is 4. The zero-order valence-corrected chi connectivity index (χ0v) is 20.2. The first-order chi connectivity index (χ1) is 13.9. The van der Waals surface area contributed by atoms with Crippen molar-refractivity contribution < 1.29 is 18.8 Å². The fourth-order valence-electron chi connectivity index (χ4n) is 3.60. The van der Waals surface area contributed by atoms with Crippen LogP contribution in [0.25, 0.3) is 0 Å². The Balaban J connectivity index is 2.17. The molecule has 2 amide bonds. The standard InChI is InChI=1S/C23H34N2O4Si/c1-9-12-28-22(27)25-19-14-16(3)15(2)13-17(19)20(26)24-11-10-18(24)21(25)29-30(7,8)23(4,5)6/h9,13-14,18,21H,1,10-12H2,2-8H3/t18-,21?/m0/s1. The van der Waals surface area contributed by atoms with Gasteiger partial charge in [0.15, 0.2) is 14.5 Å². The molecule has 0 saturated carbocycles. The van der Waals surface area contributed by atoms with Crippen LogP contribution < -0.4 is 4.90 Å². The number of benzene rings is 1. The molecule has 0 radical (unpaired) electrons. The first-order valence-corrected chi connectivity index (χ1v) is 13.5. The van der Waals surface area contributed by atoms with Gasteiger partial charge in [-0.05, 0) is 61.7 Å². The summed E-state index contributed by atoms with van der Waals surface area (Å²) in [5.41, 5.74) is 3.12. The van der Waals surface area contributed by atoms with Crippen LogP contribution >= 0.6 is 0 Å². The molecule has 1 saturated heterocycles. The van der Waals surface area contributed by atoms with Crippen LogP contribution in [-0.4, -0.2) is 50.6 Å². The minimum absolute atomic E-state index is 0.0411. The van der Waals surface area contributed by atoms with Gasteiger partial charge in [0.1, 0.15) is 6.61 Å². The number of carbonyl (C=O) groups is 2. The summed E-state index contributed by atoms with van der Waals surface area (Å²) in [5, 5.41) is -0.0411. The predicted octanol–water partition coefficient (Wildman–Crippen LogP) is 5.01. The summed E-state index contributed by atoms with van der Waals surface area (Å²) < 4.78 is 12.3. The SMILES string of the molecule is C=CCOC(=O)N1c2cc(C)c(C)cc2C(=O)N2CC[C@H]2C1O[Si](C)(C)C(C)(C)C. The van der Waals surface area contributed by atoms with Crippen molar-refractivity contribution in [3.8, 4) is 0 Å². The highest BCUT2D eigenvalue weighted by molar-refractivity contribution is 6.74. The second-order valence-corrected chi connectivity index (χ2v) is 14.6. The summed E-state index contributed by atoms with van der Waals surface area (Å²) in [6.45, 7) is 19.2. The van der Waals surface area contributed by atoms with Crippen molar-refractivity contribution in [2.45, 2.75) is 71.4 Å². The van der Waals surface area contributed by atoms with E-state index in [4.69, 9.17) is 9.16 Å². The van der Waals surface area contributed by atoms with Crippen LogP contribution in [-0.2, 0) is 9.16 Å². The molecule has 0 N–H and O–H groups in total. The number of nitrogens with zero attached hydrogens (tertiary/aromatic N) is 2. The molecule has 1 aromatic rings. The number of hydrogen-bond acceptors (Lipinski definition) is 4. The van der Waals surface area contributed by atoms with Gasteiger partial charge in [-0.15, -0.1) is 0 Å². The van der Waals surface area contributed by atoms with Crippen molar-refractivity contribution in [3.05, 3.63) is 41.5 Å². The average Bonchev–Trinajstić information content (AvgIpc) is 2.65. The number of hydrogen-bond donors (Lipinski definition) is 0. The number of aryl methyl sites for hydroxylation is 2. The molecular weight excluding hydrogens is 396 g/mol. The van der Waals surface area contributed by atoms with Gasteiger partial charge in [0.05, 0.1) is 17.3 Å². The van der Waals surface area contributed by atoms with E-state index in [1.54, 1.807) is 11.0 Å². The molecule has 1 aromatic carbocycles. The zero-order chi connectivity index (χ0) is 22.4. The van der Waals surface area contributed by atoms with Crippen LogP contribution in [0.3, 0.4) is 0 Å². The van der Waals surface area contributed by atoms with E-state index in [-0.39, 0.29) is 23.6 Å². The van der Waals surface area contributed by atoms with E-state index >= 15 is 0 Å². The quantitative estimate of drug-likeness (QED) is 0.498. The summed E-state index contributed by atoms with van der Waals surface area (Å²) in [4.78, 5) is 30.0. The van der Waals surface area contributed by atoms with Crippen LogP contribution in [0.15, 0.2) is 24.8 Å². The maximum Gasteiger partial charge on any atom is 0.416 e. The topological polar surface area (TPSA) is 59.1 Å². The number of ether oxygens (including phenoxy) is 1. The maximum atomic E-state index is 13.3. The molecule has 1 unspecified atom stereocenters. The molecule has 3 rings (SSSR count). The lowest BCUT2D eigenvalue weighted by molar-refractivity contribution is 0.00133. The largest absolute Gasteiger partial charge is 0.445 e. The predicted molar refractivity (Wildman–Crippen MR) is 121 cm³/mol. The minimum atomic E-state index is -2.25. The second-order valence-electron chi connectivity index (χ2n) is 9.81. The lowest BCUT2D eigenvalue weighted by Gasteiger charge is -2.49. The van der Waals surface area contributed by atoms with Crippen LogP contribution in [0, 0.1) is 13.8 Å². The van der Waals surface area contributed by atoms with E-state index in [9.17, 15) is 9.59 Å². The third kappa shape index (κ3) is 3.80. The third-order valence-corrected chi connectivity index (χ3v) is 11.2. The van der Waals surface area contributed by atoms with Crippen molar-refractivity contribution in [1.82, 2.24) is 4.90 Å². The van der Waals surface area contributed by atoms with Gasteiger partial charge in [-0.2, -0.15) is 0 Å². The Hall–Kier alpha value is -2.12. The van der Waals surface area contributed by atoms with Gasteiger partial charge >= 0.3 is 6.09 Å². The molecule has 30 heavy (non-hydrogen) atoms. The molecule has 2 heterocycles. The normalized spacial score (nSPS) is 21.4. The summed E-state index contributed by atoms with van der Waals surface area (Å²) >= 11 is 0. The number of anilines is 1. The summed E-state index contributed by atoms with van der Waals surface area (Å²) in [6.07, 6.45) is 1.25. The number of carbonyl (C=O) groups excluding carboxylic acids is 2. The van der Waals surface area contributed by atoms with Gasteiger partial charge in [0.25, 0.3) is 5.91 Å². The summed E-state index contributed by atoms with van der Waals surface area (Å²) in [7, 11) is -2.25. The summed E-state index contributed by atoms with van der Waals surface area (Å²) in [6, 6.07) is 3.60. The molecule has 7 heteroatoms. The van der Waals surface area contributed by atoms with E-state index in [1.165, 1.54) is 0 Å². The van der Waals surface area contributed by atoms with Crippen molar-refractivity contribution in [1.29, 1.82) is 0 Å². The summed E-state index contributed by atoms with van der Waals surface area (Å²) in [5.74, 6) is -0.0489. The maximum absolute atomic E-state index is 13.3. The Morgan fingerprint density at radius 2 is 1.90 bits per heavy atom. The van der Waals surface area contributed by atoms with E-state index < -0.39 is 20.6 Å². The molecule has 6 nitrogen and oxygen atoms in total. The third-order valence-electron chi connectivity index (χ3n) is 6.76. The highest BCUT2D eigenvalue weighted by Crippen LogP contribution is 2.43. The molecular formula is C23H34N2O4Si. The highest BCUT2D eigenvalue weighted by Gasteiger charge is 2.51. The average molecular weight is 431 g/mol. The Bertz CT molecular complexity index is 875. The second kappa shape index (κ2) is 7.85. The molecule has 2 atom stereocenters. The molecule has 0 bridgehead atoms. The first-order valence-electron chi connectivity index (χ1n) is 10.6. The zero-order valence-electron chi connectivity index (χ0n) is 19.2. The van der Waals surface area contributed by atoms with Crippen LogP contribution in [0.2, 0.25) is 18.1 Å². The van der Waals surface area contributed by atoms with Gasteiger partial charge in [-0.1, -0.05) is 33.4 Å². The molecule has 0 spiro atoms. The molecule has 2 aliphatic rings. The molecule has 1 fully saturated rings. The van der Waals surface area contributed by atoms with Gasteiger partial charge in [0, 0.05) is 6.54 Å². The molecule has 0 aromatic heterocycles. The van der Waals surface area contributed by atoms with Gasteiger partial charge in [-0.3, -0.25) is 4.79 Å². The monoisotopic (exact) mass is 430 g/mol. The number of amides is 2. The van der Waals surface area contributed by atoms with Crippen LogP contribution in [0.1, 0.15) is 48.7 Å². The fourth-order valence-corrected chi connectivity index (χ4v) is 4.82. The Labute approximate surface area is 181 Å². The minimum Gasteiger partial charge on any atom is -0.445 e. The van der Waals surface area contributed by atoms with E-state index in [1.807, 2.05) is 30.9 Å². The first kappa shape index (κ1) is 22.6. The van der Waals surface area contributed by atoms with Crippen molar-refractivity contribution in [2.75, 3.05) is 18.1 Å². The van der Waals surface area contributed by atoms with Crippen LogP contribution in [0.5, 0.6) is 0 Å². The molecule has 2 aliphatic heterocycles. The van der Waals surface area contributed by atoms with Gasteiger partial charge < -0.3 is 14.1 Å². The molecule has 164 valence electrons.